The van der Waals surface area contributed by atoms with Gasteiger partial charge in [-0.2, -0.15) is 0 Å². The highest BCUT2D eigenvalue weighted by molar-refractivity contribution is 6.18. The number of fused-ring (bicyclic) bond motifs is 1. The summed E-state index contributed by atoms with van der Waals surface area (Å²) in [4.78, 5) is 13.5. The minimum absolute atomic E-state index is 0.0324. The summed E-state index contributed by atoms with van der Waals surface area (Å²) in [5.74, 6) is 0.219. The molecular formula is C12H13ClFNO. The van der Waals surface area contributed by atoms with Crippen LogP contribution in [0.5, 0.6) is 0 Å². The molecule has 0 saturated carbocycles. The van der Waals surface area contributed by atoms with Crippen molar-refractivity contribution in [2.24, 2.45) is 0 Å². The van der Waals surface area contributed by atoms with Gasteiger partial charge in [-0.15, -0.1) is 11.6 Å². The van der Waals surface area contributed by atoms with E-state index in [1.165, 1.54) is 12.1 Å². The van der Waals surface area contributed by atoms with Crippen LogP contribution in [0.3, 0.4) is 0 Å². The predicted octanol–water partition coefficient (Wildman–Crippen LogP) is 2.73. The Balaban J connectivity index is 2.16. The lowest BCUT2D eigenvalue weighted by Gasteiger charge is -2.16. The van der Waals surface area contributed by atoms with Gasteiger partial charge in [-0.1, -0.05) is 6.07 Å². The van der Waals surface area contributed by atoms with Crippen LogP contribution in [0.25, 0.3) is 0 Å². The first-order valence-electron chi connectivity index (χ1n) is 5.37. The van der Waals surface area contributed by atoms with Crippen molar-refractivity contribution in [3.05, 3.63) is 29.6 Å². The Kier molecular flexibility index (Phi) is 3.44. The predicted molar refractivity (Wildman–Crippen MR) is 62.4 cm³/mol. The Morgan fingerprint density at radius 2 is 2.31 bits per heavy atom. The number of carbonyl (C=O) groups excluding carboxylic acids is 1. The van der Waals surface area contributed by atoms with E-state index in [1.807, 2.05) is 0 Å². The zero-order valence-corrected chi connectivity index (χ0v) is 9.63. The number of hydrogen-bond donors (Lipinski definition) is 0. The second-order valence-electron chi connectivity index (χ2n) is 3.86. The molecule has 0 aromatic heterocycles. The van der Waals surface area contributed by atoms with Crippen LogP contribution in [0.15, 0.2) is 18.2 Å². The molecule has 2 rings (SSSR count). The summed E-state index contributed by atoms with van der Waals surface area (Å²) in [5.41, 5.74) is 1.76. The first-order valence-corrected chi connectivity index (χ1v) is 5.90. The number of rotatable bonds is 3. The van der Waals surface area contributed by atoms with Crippen molar-refractivity contribution in [2.75, 3.05) is 17.3 Å². The summed E-state index contributed by atoms with van der Waals surface area (Å²) in [6, 6.07) is 4.62. The highest BCUT2D eigenvalue weighted by Gasteiger charge is 2.24. The molecule has 1 heterocycles. The molecule has 0 bridgehead atoms. The Bertz CT molecular complexity index is 408. The van der Waals surface area contributed by atoms with E-state index < -0.39 is 0 Å². The molecular weight excluding hydrogens is 229 g/mol. The maximum Gasteiger partial charge on any atom is 0.227 e. The Hall–Kier alpha value is -1.09. The molecule has 0 unspecified atom stereocenters. The van der Waals surface area contributed by atoms with Crippen LogP contribution in [0, 0.1) is 5.82 Å². The number of carbonyl (C=O) groups is 1. The average Bonchev–Trinajstić information content (AvgIpc) is 2.68. The fraction of sp³-hybridized carbons (Fsp3) is 0.417. The summed E-state index contributed by atoms with van der Waals surface area (Å²) in [6.45, 7) is 0.653. The minimum Gasteiger partial charge on any atom is -0.312 e. The third-order valence-corrected chi connectivity index (χ3v) is 3.04. The summed E-state index contributed by atoms with van der Waals surface area (Å²) in [5, 5.41) is 0. The number of anilines is 1. The molecule has 2 nitrogen and oxygen atoms in total. The average molecular weight is 242 g/mol. The van der Waals surface area contributed by atoms with E-state index in [0.717, 1.165) is 17.7 Å². The SMILES string of the molecule is O=C(CCCCl)N1CCc2ccc(F)cc21. The molecule has 1 aliphatic rings. The van der Waals surface area contributed by atoms with Crippen molar-refractivity contribution in [3.63, 3.8) is 0 Å². The molecule has 0 fully saturated rings. The first-order chi connectivity index (χ1) is 7.72. The monoisotopic (exact) mass is 241 g/mol. The molecule has 0 atom stereocenters. The molecule has 4 heteroatoms. The van der Waals surface area contributed by atoms with E-state index in [9.17, 15) is 9.18 Å². The Morgan fingerprint density at radius 1 is 1.50 bits per heavy atom. The Morgan fingerprint density at radius 3 is 3.06 bits per heavy atom. The van der Waals surface area contributed by atoms with E-state index >= 15 is 0 Å². The number of amides is 1. The number of nitrogens with zero attached hydrogens (tertiary/aromatic N) is 1. The molecule has 1 aromatic carbocycles. The third kappa shape index (κ3) is 2.19. The van der Waals surface area contributed by atoms with E-state index in [4.69, 9.17) is 11.6 Å². The lowest BCUT2D eigenvalue weighted by molar-refractivity contribution is -0.118. The maximum atomic E-state index is 13.1. The van der Waals surface area contributed by atoms with Gasteiger partial charge in [0.1, 0.15) is 5.82 Å². The summed E-state index contributed by atoms with van der Waals surface area (Å²) < 4.78 is 13.1. The van der Waals surface area contributed by atoms with Crippen molar-refractivity contribution in [2.45, 2.75) is 19.3 Å². The number of benzene rings is 1. The van der Waals surface area contributed by atoms with Crippen LogP contribution in [0.2, 0.25) is 0 Å². The van der Waals surface area contributed by atoms with Gasteiger partial charge in [-0.3, -0.25) is 4.79 Å². The first kappa shape index (κ1) is 11.4. The van der Waals surface area contributed by atoms with Gasteiger partial charge in [0.2, 0.25) is 5.91 Å². The van der Waals surface area contributed by atoms with Gasteiger partial charge in [0.25, 0.3) is 0 Å². The van der Waals surface area contributed by atoms with Crippen LogP contribution >= 0.6 is 11.6 Å². The third-order valence-electron chi connectivity index (χ3n) is 2.77. The van der Waals surface area contributed by atoms with Gasteiger partial charge in [-0.05, 0) is 30.5 Å². The fourth-order valence-electron chi connectivity index (χ4n) is 1.96. The van der Waals surface area contributed by atoms with Crippen LogP contribution in [-0.2, 0) is 11.2 Å². The van der Waals surface area contributed by atoms with Gasteiger partial charge in [-0.25, -0.2) is 4.39 Å². The highest BCUT2D eigenvalue weighted by Crippen LogP contribution is 2.29. The summed E-state index contributed by atoms with van der Waals surface area (Å²) >= 11 is 5.55. The molecule has 0 aliphatic carbocycles. The van der Waals surface area contributed by atoms with E-state index in [2.05, 4.69) is 0 Å². The quantitative estimate of drug-likeness (QED) is 0.746. The molecule has 86 valence electrons. The molecule has 1 aromatic rings. The lowest BCUT2D eigenvalue weighted by Crippen LogP contribution is -2.28. The molecule has 0 spiro atoms. The highest BCUT2D eigenvalue weighted by atomic mass is 35.5. The second kappa shape index (κ2) is 4.83. The number of hydrogen-bond acceptors (Lipinski definition) is 1. The molecule has 16 heavy (non-hydrogen) atoms. The van der Waals surface area contributed by atoms with Crippen molar-refractivity contribution < 1.29 is 9.18 Å². The zero-order chi connectivity index (χ0) is 11.5. The van der Waals surface area contributed by atoms with Crippen LogP contribution < -0.4 is 4.90 Å². The van der Waals surface area contributed by atoms with Gasteiger partial charge in [0.15, 0.2) is 0 Å². The van der Waals surface area contributed by atoms with Gasteiger partial charge in [0.05, 0.1) is 0 Å². The topological polar surface area (TPSA) is 20.3 Å². The fourth-order valence-corrected chi connectivity index (χ4v) is 2.10. The van der Waals surface area contributed by atoms with E-state index in [1.54, 1.807) is 11.0 Å². The smallest absolute Gasteiger partial charge is 0.227 e. The number of halogens is 2. The van der Waals surface area contributed by atoms with Crippen LogP contribution in [0.4, 0.5) is 10.1 Å². The van der Waals surface area contributed by atoms with Gasteiger partial charge in [0, 0.05) is 24.5 Å². The van der Waals surface area contributed by atoms with Gasteiger partial charge >= 0.3 is 0 Å². The zero-order valence-electron chi connectivity index (χ0n) is 8.88. The minimum atomic E-state index is -0.296. The standard InChI is InChI=1S/C12H13ClFNO/c13-6-1-2-12(16)15-7-5-9-3-4-10(14)8-11(9)15/h3-4,8H,1-2,5-7H2. The summed E-state index contributed by atoms with van der Waals surface area (Å²) in [6.07, 6.45) is 1.91. The van der Waals surface area contributed by atoms with Crippen molar-refractivity contribution in [1.82, 2.24) is 0 Å². The molecule has 1 aliphatic heterocycles. The molecule has 1 amide bonds. The normalized spacial score (nSPS) is 14.0. The van der Waals surface area contributed by atoms with E-state index in [-0.39, 0.29) is 11.7 Å². The van der Waals surface area contributed by atoms with Crippen LogP contribution in [-0.4, -0.2) is 18.3 Å². The maximum absolute atomic E-state index is 13.1. The largest absolute Gasteiger partial charge is 0.312 e. The van der Waals surface area contributed by atoms with E-state index in [0.29, 0.717) is 25.3 Å². The lowest BCUT2D eigenvalue weighted by atomic mass is 10.1. The van der Waals surface area contributed by atoms with Crippen molar-refractivity contribution in [3.8, 4) is 0 Å². The Labute approximate surface area is 99.0 Å². The number of alkyl halides is 1. The van der Waals surface area contributed by atoms with Crippen LogP contribution in [0.1, 0.15) is 18.4 Å². The van der Waals surface area contributed by atoms with Crippen molar-refractivity contribution >= 4 is 23.2 Å². The van der Waals surface area contributed by atoms with Crippen molar-refractivity contribution in [1.29, 1.82) is 0 Å². The van der Waals surface area contributed by atoms with Gasteiger partial charge < -0.3 is 4.90 Å². The second-order valence-corrected chi connectivity index (χ2v) is 4.24. The molecule has 0 saturated heterocycles. The summed E-state index contributed by atoms with van der Waals surface area (Å²) in [7, 11) is 0. The molecule has 0 N–H and O–H groups in total. The molecule has 0 radical (unpaired) electrons.